The number of piperazine rings is 1. The molecule has 0 aromatic carbocycles. The molecule has 6 nitrogen and oxygen atoms in total. The molecular weight excluding hydrogens is 232 g/mol. The second kappa shape index (κ2) is 6.70. The van der Waals surface area contributed by atoms with Gasteiger partial charge in [0.1, 0.15) is 0 Å². The predicted molar refractivity (Wildman–Crippen MR) is 70.0 cm³/mol. The van der Waals surface area contributed by atoms with Gasteiger partial charge in [-0.05, 0) is 6.42 Å². The summed E-state index contributed by atoms with van der Waals surface area (Å²) in [5.74, 6) is 0.121. The maximum absolute atomic E-state index is 11.9. The molecule has 1 saturated heterocycles. The molecule has 2 amide bonds. The first kappa shape index (κ1) is 14.9. The van der Waals surface area contributed by atoms with Crippen molar-refractivity contribution >= 4 is 11.8 Å². The van der Waals surface area contributed by atoms with Gasteiger partial charge in [-0.1, -0.05) is 6.92 Å². The van der Waals surface area contributed by atoms with Crippen LogP contribution in [0.25, 0.3) is 0 Å². The van der Waals surface area contributed by atoms with Crippen LogP contribution in [-0.2, 0) is 9.59 Å². The van der Waals surface area contributed by atoms with Gasteiger partial charge in [0.2, 0.25) is 11.8 Å². The summed E-state index contributed by atoms with van der Waals surface area (Å²) in [5, 5.41) is 0. The Kier molecular flexibility index (Phi) is 5.55. The van der Waals surface area contributed by atoms with E-state index in [-0.39, 0.29) is 17.9 Å². The van der Waals surface area contributed by atoms with E-state index >= 15 is 0 Å². The summed E-state index contributed by atoms with van der Waals surface area (Å²) < 4.78 is 0. The van der Waals surface area contributed by atoms with Gasteiger partial charge in [0.25, 0.3) is 0 Å². The lowest BCUT2D eigenvalue weighted by atomic mass is 10.2. The number of hydrogen-bond donors (Lipinski definition) is 1. The van der Waals surface area contributed by atoms with Gasteiger partial charge in [-0.3, -0.25) is 14.5 Å². The number of rotatable bonds is 4. The largest absolute Gasteiger partial charge is 0.348 e. The Labute approximate surface area is 109 Å². The lowest BCUT2D eigenvalue weighted by molar-refractivity contribution is -0.135. The topological polar surface area (TPSA) is 69.9 Å². The summed E-state index contributed by atoms with van der Waals surface area (Å²) >= 11 is 0. The van der Waals surface area contributed by atoms with Crippen LogP contribution in [0.4, 0.5) is 0 Å². The standard InChI is InChI=1S/C12H24N4O2/c1-4-10(13)12(18)16-7-5-15(6-8-16)9-11(17)14(2)3/h10H,4-9,13H2,1-3H3/t10-/m1/s1. The van der Waals surface area contributed by atoms with E-state index in [2.05, 4.69) is 4.90 Å². The van der Waals surface area contributed by atoms with Gasteiger partial charge in [0, 0.05) is 40.3 Å². The van der Waals surface area contributed by atoms with Crippen LogP contribution in [0.5, 0.6) is 0 Å². The Balaban J connectivity index is 2.37. The van der Waals surface area contributed by atoms with Gasteiger partial charge in [0.15, 0.2) is 0 Å². The molecule has 0 aliphatic carbocycles. The fourth-order valence-electron chi connectivity index (χ4n) is 1.87. The van der Waals surface area contributed by atoms with Gasteiger partial charge < -0.3 is 15.5 Å². The molecule has 1 aliphatic rings. The molecule has 2 N–H and O–H groups in total. The van der Waals surface area contributed by atoms with Gasteiger partial charge in [-0.2, -0.15) is 0 Å². The van der Waals surface area contributed by atoms with Crippen molar-refractivity contribution in [3.8, 4) is 0 Å². The second-order valence-electron chi connectivity index (χ2n) is 4.90. The third-order valence-electron chi connectivity index (χ3n) is 3.30. The Hall–Kier alpha value is -1.14. The number of nitrogens with two attached hydrogens (primary N) is 1. The van der Waals surface area contributed by atoms with Crippen molar-refractivity contribution in [1.29, 1.82) is 0 Å². The zero-order valence-corrected chi connectivity index (χ0v) is 11.6. The van der Waals surface area contributed by atoms with Crippen molar-refractivity contribution in [2.45, 2.75) is 19.4 Å². The average molecular weight is 256 g/mol. The third kappa shape index (κ3) is 3.96. The number of carbonyl (C=O) groups excluding carboxylic acids is 2. The van der Waals surface area contributed by atoms with Crippen molar-refractivity contribution in [3.05, 3.63) is 0 Å². The SMILES string of the molecule is CC[C@@H](N)C(=O)N1CCN(CC(=O)N(C)C)CC1. The zero-order chi connectivity index (χ0) is 13.7. The molecule has 1 fully saturated rings. The molecule has 0 saturated carbocycles. The number of nitrogens with zero attached hydrogens (tertiary/aromatic N) is 3. The molecule has 0 spiro atoms. The molecule has 0 aromatic rings. The third-order valence-corrected chi connectivity index (χ3v) is 3.30. The molecule has 0 aromatic heterocycles. The number of carbonyl (C=O) groups is 2. The average Bonchev–Trinajstić information content (AvgIpc) is 2.37. The van der Waals surface area contributed by atoms with Gasteiger partial charge in [0.05, 0.1) is 12.6 Å². The van der Waals surface area contributed by atoms with Crippen LogP contribution < -0.4 is 5.73 Å². The molecule has 6 heteroatoms. The van der Waals surface area contributed by atoms with Crippen molar-refractivity contribution in [2.75, 3.05) is 46.8 Å². The lowest BCUT2D eigenvalue weighted by Gasteiger charge is -2.35. The summed E-state index contributed by atoms with van der Waals surface area (Å²) in [5.41, 5.74) is 5.74. The summed E-state index contributed by atoms with van der Waals surface area (Å²) in [7, 11) is 3.50. The number of likely N-dealkylation sites (N-methyl/N-ethyl adjacent to an activating group) is 1. The predicted octanol–water partition coefficient (Wildman–Crippen LogP) is -1.04. The molecule has 104 valence electrons. The van der Waals surface area contributed by atoms with Gasteiger partial charge in [-0.15, -0.1) is 0 Å². The summed E-state index contributed by atoms with van der Waals surface area (Å²) in [4.78, 5) is 28.9. The van der Waals surface area contributed by atoms with E-state index in [1.165, 1.54) is 0 Å². The first-order valence-corrected chi connectivity index (χ1v) is 6.42. The maximum atomic E-state index is 11.9. The first-order chi connectivity index (χ1) is 8.45. The van der Waals surface area contributed by atoms with E-state index in [9.17, 15) is 9.59 Å². The minimum absolute atomic E-state index is 0.0242. The molecule has 0 unspecified atom stereocenters. The monoisotopic (exact) mass is 256 g/mol. The fraction of sp³-hybridized carbons (Fsp3) is 0.833. The quantitative estimate of drug-likeness (QED) is 0.697. The molecule has 1 atom stereocenters. The van der Waals surface area contributed by atoms with E-state index in [1.807, 2.05) is 6.92 Å². The van der Waals surface area contributed by atoms with Crippen LogP contribution >= 0.6 is 0 Å². The number of amides is 2. The van der Waals surface area contributed by atoms with Crippen LogP contribution in [0.2, 0.25) is 0 Å². The highest BCUT2D eigenvalue weighted by atomic mass is 16.2. The van der Waals surface area contributed by atoms with Crippen molar-refractivity contribution in [1.82, 2.24) is 14.7 Å². The molecule has 0 bridgehead atoms. The van der Waals surface area contributed by atoms with E-state index in [0.717, 1.165) is 13.1 Å². The molecule has 18 heavy (non-hydrogen) atoms. The second-order valence-corrected chi connectivity index (χ2v) is 4.90. The molecular formula is C12H24N4O2. The van der Waals surface area contributed by atoms with Crippen LogP contribution in [-0.4, -0.2) is 79.4 Å². The molecule has 1 rings (SSSR count). The van der Waals surface area contributed by atoms with Crippen LogP contribution in [0, 0.1) is 0 Å². The highest BCUT2D eigenvalue weighted by Gasteiger charge is 2.25. The minimum Gasteiger partial charge on any atom is -0.348 e. The van der Waals surface area contributed by atoms with Crippen molar-refractivity contribution in [3.63, 3.8) is 0 Å². The highest BCUT2D eigenvalue weighted by molar-refractivity contribution is 5.81. The van der Waals surface area contributed by atoms with Crippen molar-refractivity contribution < 1.29 is 9.59 Å². The van der Waals surface area contributed by atoms with E-state index in [4.69, 9.17) is 5.73 Å². The van der Waals surface area contributed by atoms with Gasteiger partial charge in [-0.25, -0.2) is 0 Å². The van der Waals surface area contributed by atoms with Crippen LogP contribution in [0.15, 0.2) is 0 Å². The smallest absolute Gasteiger partial charge is 0.239 e. The summed E-state index contributed by atoms with van der Waals surface area (Å²) in [6.45, 7) is 5.13. The number of hydrogen-bond acceptors (Lipinski definition) is 4. The molecule has 1 aliphatic heterocycles. The Morgan fingerprint density at radius 3 is 2.22 bits per heavy atom. The minimum atomic E-state index is -0.389. The lowest BCUT2D eigenvalue weighted by Crippen LogP contribution is -2.54. The molecule has 1 heterocycles. The summed E-state index contributed by atoms with van der Waals surface area (Å²) in [6, 6.07) is -0.389. The summed E-state index contributed by atoms with van der Waals surface area (Å²) in [6.07, 6.45) is 0.665. The van der Waals surface area contributed by atoms with E-state index < -0.39 is 0 Å². The Morgan fingerprint density at radius 1 is 1.22 bits per heavy atom. The van der Waals surface area contributed by atoms with Crippen molar-refractivity contribution in [2.24, 2.45) is 5.73 Å². The highest BCUT2D eigenvalue weighted by Crippen LogP contribution is 2.05. The van der Waals surface area contributed by atoms with Crippen LogP contribution in [0.3, 0.4) is 0 Å². The van der Waals surface area contributed by atoms with E-state index in [0.29, 0.717) is 26.1 Å². The first-order valence-electron chi connectivity index (χ1n) is 6.42. The Bertz CT molecular complexity index is 298. The molecule has 0 radical (unpaired) electrons. The van der Waals surface area contributed by atoms with Crippen LogP contribution in [0.1, 0.15) is 13.3 Å². The fourth-order valence-corrected chi connectivity index (χ4v) is 1.87. The maximum Gasteiger partial charge on any atom is 0.239 e. The van der Waals surface area contributed by atoms with E-state index in [1.54, 1.807) is 23.9 Å². The zero-order valence-electron chi connectivity index (χ0n) is 11.6. The normalized spacial score (nSPS) is 18.6. The Morgan fingerprint density at radius 2 is 1.78 bits per heavy atom. The van der Waals surface area contributed by atoms with Gasteiger partial charge >= 0.3 is 0 Å².